The highest BCUT2D eigenvalue weighted by atomic mass is 16.5. The Morgan fingerprint density at radius 1 is 1.10 bits per heavy atom. The lowest BCUT2D eigenvalue weighted by Gasteiger charge is -2.09. The molecule has 0 fully saturated rings. The summed E-state index contributed by atoms with van der Waals surface area (Å²) in [4.78, 5) is 11.7. The summed E-state index contributed by atoms with van der Waals surface area (Å²) in [6, 6.07) is 12.7. The van der Waals surface area contributed by atoms with Crippen molar-refractivity contribution in [2.45, 2.75) is 12.8 Å². The topological polar surface area (TPSA) is 55.8 Å². The van der Waals surface area contributed by atoms with Crippen LogP contribution in [0.15, 0.2) is 42.5 Å². The van der Waals surface area contributed by atoms with Gasteiger partial charge >= 0.3 is 5.97 Å². The Balaban J connectivity index is 2.13. The fourth-order valence-corrected chi connectivity index (χ4v) is 2.22. The Labute approximate surface area is 123 Å². The van der Waals surface area contributed by atoms with Crippen molar-refractivity contribution in [2.75, 3.05) is 14.2 Å². The molecule has 0 bridgehead atoms. The summed E-state index contributed by atoms with van der Waals surface area (Å²) in [7, 11) is 2.89. The van der Waals surface area contributed by atoms with E-state index in [1.54, 1.807) is 18.2 Å². The van der Waals surface area contributed by atoms with Crippen molar-refractivity contribution in [3.63, 3.8) is 0 Å². The molecule has 4 nitrogen and oxygen atoms in total. The number of aromatic hydroxyl groups is 1. The van der Waals surface area contributed by atoms with Gasteiger partial charge < -0.3 is 14.6 Å². The molecule has 0 aliphatic carbocycles. The van der Waals surface area contributed by atoms with Gasteiger partial charge in [-0.2, -0.15) is 0 Å². The molecule has 0 spiro atoms. The van der Waals surface area contributed by atoms with Crippen LogP contribution in [-0.2, 0) is 17.6 Å². The zero-order chi connectivity index (χ0) is 15.2. The zero-order valence-electron chi connectivity index (χ0n) is 12.1. The zero-order valence-corrected chi connectivity index (χ0v) is 12.1. The lowest BCUT2D eigenvalue weighted by atomic mass is 9.99. The van der Waals surface area contributed by atoms with Crippen LogP contribution in [-0.4, -0.2) is 25.3 Å². The quantitative estimate of drug-likeness (QED) is 0.859. The second-order valence-electron chi connectivity index (χ2n) is 4.65. The summed E-state index contributed by atoms with van der Waals surface area (Å²) < 4.78 is 9.80. The van der Waals surface area contributed by atoms with Gasteiger partial charge in [-0.15, -0.1) is 0 Å². The number of methoxy groups -OCH3 is 2. The number of phenols is 1. The van der Waals surface area contributed by atoms with Crippen LogP contribution >= 0.6 is 0 Å². The van der Waals surface area contributed by atoms with Crippen LogP contribution in [0.2, 0.25) is 0 Å². The van der Waals surface area contributed by atoms with Crippen molar-refractivity contribution in [3.8, 4) is 11.5 Å². The lowest BCUT2D eigenvalue weighted by molar-refractivity contribution is 0.0599. The van der Waals surface area contributed by atoms with E-state index in [1.807, 2.05) is 24.3 Å². The second kappa shape index (κ2) is 6.79. The summed E-state index contributed by atoms with van der Waals surface area (Å²) >= 11 is 0. The van der Waals surface area contributed by atoms with E-state index in [1.165, 1.54) is 14.2 Å². The molecule has 0 atom stereocenters. The van der Waals surface area contributed by atoms with Gasteiger partial charge in [-0.1, -0.05) is 24.3 Å². The molecule has 1 N–H and O–H groups in total. The molecule has 0 unspecified atom stereocenters. The van der Waals surface area contributed by atoms with Crippen molar-refractivity contribution < 1.29 is 19.4 Å². The monoisotopic (exact) mass is 286 g/mol. The fraction of sp³-hybridized carbons (Fsp3) is 0.235. The fourth-order valence-electron chi connectivity index (χ4n) is 2.22. The number of esters is 1. The van der Waals surface area contributed by atoms with Gasteiger partial charge in [-0.25, -0.2) is 4.79 Å². The molecule has 0 heterocycles. The molecule has 0 saturated carbocycles. The lowest BCUT2D eigenvalue weighted by Crippen LogP contribution is -2.06. The molecule has 2 rings (SSSR count). The first-order valence-corrected chi connectivity index (χ1v) is 6.67. The van der Waals surface area contributed by atoms with Crippen LogP contribution in [0, 0.1) is 0 Å². The van der Waals surface area contributed by atoms with Gasteiger partial charge in [0.1, 0.15) is 0 Å². The molecular formula is C17H18O4. The SMILES string of the molecule is COC(=O)c1ccccc1CCc1ccc(OC)c(O)c1. The number of phenolic OH excluding ortho intramolecular Hbond substituents is 1. The predicted octanol–water partition coefficient (Wildman–Crippen LogP) is 2.97. The van der Waals surface area contributed by atoms with Crippen molar-refractivity contribution in [1.29, 1.82) is 0 Å². The third-order valence-corrected chi connectivity index (χ3v) is 3.35. The third-order valence-electron chi connectivity index (χ3n) is 3.35. The summed E-state index contributed by atoms with van der Waals surface area (Å²) in [5, 5.41) is 9.77. The van der Waals surface area contributed by atoms with E-state index in [-0.39, 0.29) is 11.7 Å². The Kier molecular flexibility index (Phi) is 4.82. The number of rotatable bonds is 5. The molecule has 0 saturated heterocycles. The first kappa shape index (κ1) is 14.9. The predicted molar refractivity (Wildman–Crippen MR) is 79.8 cm³/mol. The first-order chi connectivity index (χ1) is 10.2. The number of carbonyl (C=O) groups excluding carboxylic acids is 1. The number of benzene rings is 2. The molecular weight excluding hydrogens is 268 g/mol. The average molecular weight is 286 g/mol. The van der Waals surface area contributed by atoms with Gasteiger partial charge in [-0.3, -0.25) is 0 Å². The first-order valence-electron chi connectivity index (χ1n) is 6.67. The molecule has 0 amide bonds. The molecule has 0 aromatic heterocycles. The smallest absolute Gasteiger partial charge is 0.338 e. The standard InChI is InChI=1S/C17H18O4/c1-20-16-10-8-12(11-15(16)18)7-9-13-5-3-4-6-14(13)17(19)21-2/h3-6,8,10-11,18H,7,9H2,1-2H3. The largest absolute Gasteiger partial charge is 0.504 e. The maximum atomic E-state index is 11.7. The number of ether oxygens (including phenoxy) is 2. The summed E-state index contributed by atoms with van der Waals surface area (Å²) in [5.74, 6) is 0.244. The highest BCUT2D eigenvalue weighted by Gasteiger charge is 2.11. The van der Waals surface area contributed by atoms with Crippen LogP contribution in [0.3, 0.4) is 0 Å². The maximum Gasteiger partial charge on any atom is 0.338 e. The van der Waals surface area contributed by atoms with Gasteiger partial charge in [-0.05, 0) is 42.2 Å². The van der Waals surface area contributed by atoms with Gasteiger partial charge in [0.2, 0.25) is 0 Å². The van der Waals surface area contributed by atoms with Crippen molar-refractivity contribution in [1.82, 2.24) is 0 Å². The van der Waals surface area contributed by atoms with E-state index in [2.05, 4.69) is 0 Å². The number of aryl methyl sites for hydroxylation is 2. The Morgan fingerprint density at radius 3 is 2.52 bits per heavy atom. The van der Waals surface area contributed by atoms with Crippen molar-refractivity contribution in [3.05, 3.63) is 59.2 Å². The number of hydrogen-bond acceptors (Lipinski definition) is 4. The minimum absolute atomic E-state index is 0.122. The van der Waals surface area contributed by atoms with Crippen LogP contribution in [0.25, 0.3) is 0 Å². The maximum absolute atomic E-state index is 11.7. The molecule has 0 radical (unpaired) electrons. The van der Waals surface area contributed by atoms with Crippen molar-refractivity contribution >= 4 is 5.97 Å². The molecule has 110 valence electrons. The van der Waals surface area contributed by atoms with Crippen molar-refractivity contribution in [2.24, 2.45) is 0 Å². The number of carbonyl (C=O) groups is 1. The van der Waals surface area contributed by atoms with Crippen LogP contribution in [0.4, 0.5) is 0 Å². The van der Waals surface area contributed by atoms with Crippen LogP contribution in [0.1, 0.15) is 21.5 Å². The van der Waals surface area contributed by atoms with Gasteiger partial charge in [0.05, 0.1) is 19.8 Å². The Morgan fingerprint density at radius 2 is 1.86 bits per heavy atom. The van der Waals surface area contributed by atoms with Gasteiger partial charge in [0.15, 0.2) is 11.5 Å². The molecule has 4 heteroatoms. The molecule has 21 heavy (non-hydrogen) atoms. The number of hydrogen-bond donors (Lipinski definition) is 1. The second-order valence-corrected chi connectivity index (χ2v) is 4.65. The summed E-state index contributed by atoms with van der Waals surface area (Å²) in [6.45, 7) is 0. The summed E-state index contributed by atoms with van der Waals surface area (Å²) in [6.07, 6.45) is 1.41. The van der Waals surface area contributed by atoms with Gasteiger partial charge in [0, 0.05) is 0 Å². The van der Waals surface area contributed by atoms with E-state index < -0.39 is 0 Å². The minimum atomic E-state index is -0.330. The molecule has 0 aliphatic rings. The van der Waals surface area contributed by atoms with Gasteiger partial charge in [0.25, 0.3) is 0 Å². The summed E-state index contributed by atoms with van der Waals surface area (Å²) in [5.41, 5.74) is 2.49. The highest BCUT2D eigenvalue weighted by molar-refractivity contribution is 5.90. The van der Waals surface area contributed by atoms with Crippen LogP contribution < -0.4 is 4.74 Å². The molecule has 2 aromatic carbocycles. The van der Waals surface area contributed by atoms with E-state index in [0.29, 0.717) is 24.2 Å². The average Bonchev–Trinajstić information content (AvgIpc) is 2.52. The normalized spacial score (nSPS) is 10.2. The van der Waals surface area contributed by atoms with E-state index in [0.717, 1.165) is 11.1 Å². The highest BCUT2D eigenvalue weighted by Crippen LogP contribution is 2.27. The third kappa shape index (κ3) is 3.54. The Bertz CT molecular complexity index is 634. The minimum Gasteiger partial charge on any atom is -0.504 e. The Hall–Kier alpha value is -2.49. The van der Waals surface area contributed by atoms with E-state index >= 15 is 0 Å². The molecule has 2 aromatic rings. The van der Waals surface area contributed by atoms with E-state index in [9.17, 15) is 9.90 Å². The van der Waals surface area contributed by atoms with E-state index in [4.69, 9.17) is 9.47 Å². The van der Waals surface area contributed by atoms with Crippen LogP contribution in [0.5, 0.6) is 11.5 Å². The molecule has 0 aliphatic heterocycles.